The van der Waals surface area contributed by atoms with E-state index < -0.39 is 5.97 Å². The van der Waals surface area contributed by atoms with Crippen molar-refractivity contribution < 1.29 is 15.0 Å². The van der Waals surface area contributed by atoms with E-state index in [1.165, 1.54) is 0 Å². The maximum Gasteiger partial charge on any atom is 0.303 e. The molecule has 0 bridgehead atoms. The van der Waals surface area contributed by atoms with Crippen molar-refractivity contribution in [3.8, 4) is 5.75 Å². The van der Waals surface area contributed by atoms with Crippen molar-refractivity contribution in [2.45, 2.75) is 19.3 Å². The largest absolute Gasteiger partial charge is 0.508 e. The van der Waals surface area contributed by atoms with E-state index in [0.29, 0.717) is 18.8 Å². The quantitative estimate of drug-likeness (QED) is 0.695. The second-order valence-electron chi connectivity index (χ2n) is 4.34. The standard InChI is InChI=1S/C14H16N2O3/c17-11-5-4-10-6-8-16-14(12(10)9-11)15-7-2-1-3-13(18)19/h4-6,8-9,17H,1-3,7H2,(H,15,16)(H,18,19). The number of carboxylic acids is 1. The lowest BCUT2D eigenvalue weighted by Gasteiger charge is -2.08. The Bertz CT molecular complexity index is 584. The van der Waals surface area contributed by atoms with Crippen LogP contribution in [0.25, 0.3) is 10.8 Å². The topological polar surface area (TPSA) is 82.5 Å². The molecule has 1 aromatic heterocycles. The SMILES string of the molecule is O=C(O)CCCCNc1nccc2ccc(O)cc12. The number of benzene rings is 1. The number of carbonyl (C=O) groups is 1. The van der Waals surface area contributed by atoms with E-state index in [4.69, 9.17) is 5.11 Å². The third-order valence-electron chi connectivity index (χ3n) is 2.86. The van der Waals surface area contributed by atoms with Gasteiger partial charge in [-0.3, -0.25) is 4.79 Å². The second-order valence-corrected chi connectivity index (χ2v) is 4.34. The maximum absolute atomic E-state index is 10.4. The van der Waals surface area contributed by atoms with Crippen molar-refractivity contribution >= 4 is 22.6 Å². The molecule has 0 aliphatic carbocycles. The lowest BCUT2D eigenvalue weighted by molar-refractivity contribution is -0.137. The van der Waals surface area contributed by atoms with Gasteiger partial charge in [0.1, 0.15) is 11.6 Å². The van der Waals surface area contributed by atoms with Gasteiger partial charge in [-0.2, -0.15) is 0 Å². The number of nitrogens with one attached hydrogen (secondary N) is 1. The summed E-state index contributed by atoms with van der Waals surface area (Å²) in [6.07, 6.45) is 3.30. The van der Waals surface area contributed by atoms with E-state index in [-0.39, 0.29) is 12.2 Å². The van der Waals surface area contributed by atoms with Crippen LogP contribution in [0.1, 0.15) is 19.3 Å². The van der Waals surface area contributed by atoms with Gasteiger partial charge >= 0.3 is 5.97 Å². The highest BCUT2D eigenvalue weighted by atomic mass is 16.4. The van der Waals surface area contributed by atoms with Crippen LogP contribution in [0, 0.1) is 0 Å². The third kappa shape index (κ3) is 3.58. The number of pyridine rings is 1. The number of carboxylic acid groups (broad SMARTS) is 1. The van der Waals surface area contributed by atoms with Crippen molar-refractivity contribution in [1.82, 2.24) is 4.98 Å². The lowest BCUT2D eigenvalue weighted by atomic mass is 10.1. The zero-order valence-electron chi connectivity index (χ0n) is 10.5. The predicted octanol–water partition coefficient (Wildman–Crippen LogP) is 2.61. The molecule has 1 heterocycles. The molecule has 0 unspecified atom stereocenters. The fourth-order valence-corrected chi connectivity index (χ4v) is 1.91. The Kier molecular flexibility index (Phi) is 4.18. The molecule has 2 aromatic rings. The fourth-order valence-electron chi connectivity index (χ4n) is 1.91. The first kappa shape index (κ1) is 13.1. The van der Waals surface area contributed by atoms with Gasteiger partial charge in [0.25, 0.3) is 0 Å². The van der Waals surface area contributed by atoms with Crippen LogP contribution in [0.15, 0.2) is 30.5 Å². The number of anilines is 1. The first-order valence-corrected chi connectivity index (χ1v) is 6.20. The highest BCUT2D eigenvalue weighted by Gasteiger charge is 2.03. The van der Waals surface area contributed by atoms with Crippen LogP contribution >= 0.6 is 0 Å². The van der Waals surface area contributed by atoms with Gasteiger partial charge in [-0.05, 0) is 36.4 Å². The summed E-state index contributed by atoms with van der Waals surface area (Å²) in [7, 11) is 0. The summed E-state index contributed by atoms with van der Waals surface area (Å²) in [5.41, 5.74) is 0. The average molecular weight is 260 g/mol. The maximum atomic E-state index is 10.4. The third-order valence-corrected chi connectivity index (χ3v) is 2.86. The van der Waals surface area contributed by atoms with E-state index in [0.717, 1.165) is 17.2 Å². The Morgan fingerprint density at radius 1 is 1.26 bits per heavy atom. The Morgan fingerprint density at radius 2 is 2.11 bits per heavy atom. The average Bonchev–Trinajstić information content (AvgIpc) is 2.38. The Balaban J connectivity index is 2.00. The molecule has 19 heavy (non-hydrogen) atoms. The number of unbranched alkanes of at least 4 members (excludes halogenated alkanes) is 1. The van der Waals surface area contributed by atoms with Crippen LogP contribution < -0.4 is 5.32 Å². The normalized spacial score (nSPS) is 10.5. The molecular formula is C14H16N2O3. The Labute approximate surface area is 110 Å². The minimum Gasteiger partial charge on any atom is -0.508 e. The molecule has 0 spiro atoms. The fraction of sp³-hybridized carbons (Fsp3) is 0.286. The van der Waals surface area contributed by atoms with Gasteiger partial charge in [0.2, 0.25) is 0 Å². The molecule has 0 saturated carbocycles. The molecule has 3 N–H and O–H groups in total. The summed E-state index contributed by atoms with van der Waals surface area (Å²) < 4.78 is 0. The molecule has 0 atom stereocenters. The molecule has 100 valence electrons. The van der Waals surface area contributed by atoms with Crippen molar-refractivity contribution in [1.29, 1.82) is 0 Å². The molecule has 0 aliphatic rings. The van der Waals surface area contributed by atoms with E-state index in [2.05, 4.69) is 10.3 Å². The van der Waals surface area contributed by atoms with Gasteiger partial charge in [0.15, 0.2) is 0 Å². The van der Waals surface area contributed by atoms with Gasteiger partial charge in [-0.15, -0.1) is 0 Å². The minimum atomic E-state index is -0.770. The van der Waals surface area contributed by atoms with E-state index in [1.54, 1.807) is 18.3 Å². The van der Waals surface area contributed by atoms with E-state index >= 15 is 0 Å². The number of aromatic hydroxyl groups is 1. The summed E-state index contributed by atoms with van der Waals surface area (Å²) in [5.74, 6) is 0.145. The zero-order chi connectivity index (χ0) is 13.7. The van der Waals surface area contributed by atoms with Gasteiger partial charge in [-0.25, -0.2) is 4.98 Å². The summed E-state index contributed by atoms with van der Waals surface area (Å²) in [5, 5.41) is 23.1. The first-order valence-electron chi connectivity index (χ1n) is 6.20. The van der Waals surface area contributed by atoms with E-state index in [1.807, 2.05) is 12.1 Å². The van der Waals surface area contributed by atoms with Gasteiger partial charge in [-0.1, -0.05) is 6.07 Å². The Hall–Kier alpha value is -2.30. The molecule has 5 heteroatoms. The summed E-state index contributed by atoms with van der Waals surface area (Å²) in [6, 6.07) is 7.02. The molecule has 0 fully saturated rings. The number of hydrogen-bond donors (Lipinski definition) is 3. The van der Waals surface area contributed by atoms with Crippen LogP contribution in [0.2, 0.25) is 0 Å². The number of fused-ring (bicyclic) bond motifs is 1. The molecule has 0 aliphatic heterocycles. The highest BCUT2D eigenvalue weighted by Crippen LogP contribution is 2.24. The van der Waals surface area contributed by atoms with Crippen LogP contribution in [0.3, 0.4) is 0 Å². The van der Waals surface area contributed by atoms with Crippen LogP contribution in [0.5, 0.6) is 5.75 Å². The number of rotatable bonds is 6. The zero-order valence-corrected chi connectivity index (χ0v) is 10.5. The lowest BCUT2D eigenvalue weighted by Crippen LogP contribution is -2.05. The number of aliphatic carboxylic acids is 1. The number of phenols is 1. The molecular weight excluding hydrogens is 244 g/mol. The number of aromatic nitrogens is 1. The number of nitrogens with zero attached hydrogens (tertiary/aromatic N) is 1. The van der Waals surface area contributed by atoms with E-state index in [9.17, 15) is 9.90 Å². The second kappa shape index (κ2) is 6.04. The number of phenolic OH excluding ortho intramolecular Hbond substituents is 1. The van der Waals surface area contributed by atoms with Crippen molar-refractivity contribution in [2.24, 2.45) is 0 Å². The molecule has 2 rings (SSSR count). The molecule has 5 nitrogen and oxygen atoms in total. The number of hydrogen-bond acceptors (Lipinski definition) is 4. The summed E-state index contributed by atoms with van der Waals surface area (Å²) in [6.45, 7) is 0.662. The Morgan fingerprint density at radius 3 is 2.89 bits per heavy atom. The van der Waals surface area contributed by atoms with Gasteiger partial charge in [0.05, 0.1) is 0 Å². The van der Waals surface area contributed by atoms with Crippen molar-refractivity contribution in [3.63, 3.8) is 0 Å². The molecule has 0 saturated heterocycles. The monoisotopic (exact) mass is 260 g/mol. The highest BCUT2D eigenvalue weighted by molar-refractivity contribution is 5.92. The smallest absolute Gasteiger partial charge is 0.303 e. The van der Waals surface area contributed by atoms with Gasteiger partial charge < -0.3 is 15.5 Å². The van der Waals surface area contributed by atoms with Crippen molar-refractivity contribution in [2.75, 3.05) is 11.9 Å². The summed E-state index contributed by atoms with van der Waals surface area (Å²) in [4.78, 5) is 14.6. The molecule has 1 aromatic carbocycles. The van der Waals surface area contributed by atoms with Gasteiger partial charge in [0, 0.05) is 24.5 Å². The van der Waals surface area contributed by atoms with Crippen LogP contribution in [0.4, 0.5) is 5.82 Å². The van der Waals surface area contributed by atoms with Crippen molar-refractivity contribution in [3.05, 3.63) is 30.5 Å². The van der Waals surface area contributed by atoms with Crippen LogP contribution in [-0.2, 0) is 4.79 Å². The summed E-state index contributed by atoms with van der Waals surface area (Å²) >= 11 is 0. The van der Waals surface area contributed by atoms with Crippen LogP contribution in [-0.4, -0.2) is 27.7 Å². The first-order chi connectivity index (χ1) is 9.16. The molecule has 0 amide bonds. The molecule has 0 radical (unpaired) electrons. The predicted molar refractivity (Wildman–Crippen MR) is 73.4 cm³/mol. The minimum absolute atomic E-state index is 0.186.